The Labute approximate surface area is 113 Å². The second-order valence-corrected chi connectivity index (χ2v) is 5.08. The summed E-state index contributed by atoms with van der Waals surface area (Å²) >= 11 is 5.83. The van der Waals surface area contributed by atoms with Crippen LogP contribution in [0.1, 0.15) is 18.4 Å². The van der Waals surface area contributed by atoms with E-state index in [9.17, 15) is 4.79 Å². The fraction of sp³-hybridized carbons (Fsp3) is 0.500. The maximum atomic E-state index is 12.2. The summed E-state index contributed by atoms with van der Waals surface area (Å²) in [6, 6.07) is 7.69. The lowest BCUT2D eigenvalue weighted by molar-refractivity contribution is -0.132. The molecule has 18 heavy (non-hydrogen) atoms. The van der Waals surface area contributed by atoms with Crippen LogP contribution in [-0.2, 0) is 16.0 Å². The van der Waals surface area contributed by atoms with Crippen molar-refractivity contribution in [1.82, 2.24) is 4.90 Å². The number of halogens is 1. The molecule has 0 spiro atoms. The largest absolute Gasteiger partial charge is 0.383 e. The third kappa shape index (κ3) is 3.24. The molecule has 0 aliphatic carbocycles. The number of ether oxygens (including phenoxy) is 1. The number of methoxy groups -OCH3 is 1. The first-order chi connectivity index (χ1) is 8.70. The molecular formula is C14H18ClNO2. The molecule has 1 heterocycles. The van der Waals surface area contributed by atoms with Gasteiger partial charge >= 0.3 is 0 Å². The quantitative estimate of drug-likeness (QED) is 0.839. The molecule has 1 aliphatic rings. The Morgan fingerprint density at radius 2 is 2.17 bits per heavy atom. The number of amides is 1. The van der Waals surface area contributed by atoms with E-state index in [-0.39, 0.29) is 11.9 Å². The summed E-state index contributed by atoms with van der Waals surface area (Å²) in [7, 11) is 1.68. The van der Waals surface area contributed by atoms with Gasteiger partial charge in [0, 0.05) is 18.7 Å². The fourth-order valence-electron chi connectivity index (χ4n) is 2.41. The molecule has 1 aromatic carbocycles. The standard InChI is InChI=1S/C14H18ClNO2/c1-18-10-13-3-2-8-16(13)14(17)9-11-4-6-12(15)7-5-11/h4-7,13H,2-3,8-10H2,1H3. The number of nitrogens with zero attached hydrogens (tertiary/aromatic N) is 1. The SMILES string of the molecule is COCC1CCCN1C(=O)Cc1ccc(Cl)cc1. The molecule has 1 unspecified atom stereocenters. The molecule has 0 N–H and O–H groups in total. The molecule has 4 heteroatoms. The summed E-state index contributed by atoms with van der Waals surface area (Å²) in [5.74, 6) is 0.178. The van der Waals surface area contributed by atoms with Crippen molar-refractivity contribution < 1.29 is 9.53 Å². The molecular weight excluding hydrogens is 250 g/mol. The van der Waals surface area contributed by atoms with Gasteiger partial charge in [0.15, 0.2) is 0 Å². The lowest BCUT2D eigenvalue weighted by Crippen LogP contribution is -2.38. The lowest BCUT2D eigenvalue weighted by atomic mass is 10.1. The topological polar surface area (TPSA) is 29.5 Å². The second-order valence-electron chi connectivity index (χ2n) is 4.64. The van der Waals surface area contributed by atoms with Crippen LogP contribution in [0.15, 0.2) is 24.3 Å². The highest BCUT2D eigenvalue weighted by molar-refractivity contribution is 6.30. The van der Waals surface area contributed by atoms with Gasteiger partial charge < -0.3 is 9.64 Å². The molecule has 0 aromatic heterocycles. The predicted molar refractivity (Wildman–Crippen MR) is 71.8 cm³/mol. The van der Waals surface area contributed by atoms with Gasteiger partial charge in [-0.2, -0.15) is 0 Å². The summed E-state index contributed by atoms with van der Waals surface area (Å²) in [6.45, 7) is 1.48. The van der Waals surface area contributed by atoms with Crippen LogP contribution in [0.5, 0.6) is 0 Å². The zero-order valence-corrected chi connectivity index (χ0v) is 11.3. The van der Waals surface area contributed by atoms with Crippen LogP contribution in [0.4, 0.5) is 0 Å². The van der Waals surface area contributed by atoms with E-state index >= 15 is 0 Å². The van der Waals surface area contributed by atoms with Gasteiger partial charge in [-0.15, -0.1) is 0 Å². The highest BCUT2D eigenvalue weighted by Crippen LogP contribution is 2.19. The van der Waals surface area contributed by atoms with Gasteiger partial charge in [0.25, 0.3) is 0 Å². The van der Waals surface area contributed by atoms with Gasteiger partial charge in [0.2, 0.25) is 5.91 Å². The van der Waals surface area contributed by atoms with Crippen LogP contribution in [0.3, 0.4) is 0 Å². The van der Waals surface area contributed by atoms with Crippen LogP contribution in [0.2, 0.25) is 5.02 Å². The maximum Gasteiger partial charge on any atom is 0.227 e. The van der Waals surface area contributed by atoms with Gasteiger partial charge in [0.05, 0.1) is 19.1 Å². The molecule has 1 fully saturated rings. The highest BCUT2D eigenvalue weighted by Gasteiger charge is 2.28. The van der Waals surface area contributed by atoms with E-state index in [2.05, 4.69) is 0 Å². The van der Waals surface area contributed by atoms with Crippen molar-refractivity contribution >= 4 is 17.5 Å². The van der Waals surface area contributed by atoms with E-state index in [1.54, 1.807) is 7.11 Å². The van der Waals surface area contributed by atoms with E-state index in [1.807, 2.05) is 29.2 Å². The number of rotatable bonds is 4. The Bertz CT molecular complexity index is 405. The minimum absolute atomic E-state index is 0.178. The Hall–Kier alpha value is -1.06. The highest BCUT2D eigenvalue weighted by atomic mass is 35.5. The van der Waals surface area contributed by atoms with E-state index < -0.39 is 0 Å². The van der Waals surface area contributed by atoms with Crippen molar-refractivity contribution in [2.45, 2.75) is 25.3 Å². The van der Waals surface area contributed by atoms with Gasteiger partial charge in [-0.25, -0.2) is 0 Å². The Morgan fingerprint density at radius 3 is 2.83 bits per heavy atom. The molecule has 1 aliphatic heterocycles. The number of carbonyl (C=O) groups excluding carboxylic acids is 1. The summed E-state index contributed by atoms with van der Waals surface area (Å²) in [5.41, 5.74) is 1.01. The first-order valence-corrected chi connectivity index (χ1v) is 6.61. The van der Waals surface area contributed by atoms with Crippen molar-refractivity contribution in [3.8, 4) is 0 Å². The van der Waals surface area contributed by atoms with Crippen LogP contribution in [0, 0.1) is 0 Å². The summed E-state index contributed by atoms with van der Waals surface area (Å²) < 4.78 is 5.16. The molecule has 2 rings (SSSR count). The molecule has 0 saturated carbocycles. The fourth-order valence-corrected chi connectivity index (χ4v) is 2.53. The molecule has 0 radical (unpaired) electrons. The first kappa shape index (κ1) is 13.4. The number of hydrogen-bond donors (Lipinski definition) is 0. The second kappa shape index (κ2) is 6.21. The molecule has 0 bridgehead atoms. The van der Waals surface area contributed by atoms with Gasteiger partial charge in [-0.3, -0.25) is 4.79 Å². The van der Waals surface area contributed by atoms with E-state index in [0.717, 1.165) is 24.9 Å². The molecule has 1 saturated heterocycles. The number of benzene rings is 1. The lowest BCUT2D eigenvalue weighted by Gasteiger charge is -2.24. The Kier molecular flexibility index (Phi) is 4.61. The van der Waals surface area contributed by atoms with E-state index in [0.29, 0.717) is 18.1 Å². The number of likely N-dealkylation sites (tertiary alicyclic amines) is 1. The summed E-state index contributed by atoms with van der Waals surface area (Å²) in [5, 5.41) is 0.699. The zero-order chi connectivity index (χ0) is 13.0. The minimum atomic E-state index is 0.178. The normalized spacial score (nSPS) is 19.2. The zero-order valence-electron chi connectivity index (χ0n) is 10.6. The Morgan fingerprint density at radius 1 is 1.44 bits per heavy atom. The number of carbonyl (C=O) groups is 1. The third-order valence-electron chi connectivity index (χ3n) is 3.33. The summed E-state index contributed by atoms with van der Waals surface area (Å²) in [4.78, 5) is 14.2. The maximum absolute atomic E-state index is 12.2. The van der Waals surface area contributed by atoms with Gasteiger partial charge in [-0.1, -0.05) is 23.7 Å². The van der Waals surface area contributed by atoms with Crippen molar-refractivity contribution in [3.63, 3.8) is 0 Å². The van der Waals surface area contributed by atoms with Crippen molar-refractivity contribution in [2.75, 3.05) is 20.3 Å². The van der Waals surface area contributed by atoms with Gasteiger partial charge in [-0.05, 0) is 30.5 Å². The monoisotopic (exact) mass is 267 g/mol. The van der Waals surface area contributed by atoms with E-state index in [4.69, 9.17) is 16.3 Å². The van der Waals surface area contributed by atoms with Crippen LogP contribution in [0.25, 0.3) is 0 Å². The molecule has 98 valence electrons. The average molecular weight is 268 g/mol. The van der Waals surface area contributed by atoms with Crippen LogP contribution < -0.4 is 0 Å². The van der Waals surface area contributed by atoms with Crippen LogP contribution >= 0.6 is 11.6 Å². The van der Waals surface area contributed by atoms with Gasteiger partial charge in [0.1, 0.15) is 0 Å². The average Bonchev–Trinajstić information content (AvgIpc) is 2.81. The third-order valence-corrected chi connectivity index (χ3v) is 3.58. The predicted octanol–water partition coefficient (Wildman–Crippen LogP) is 2.52. The Balaban J connectivity index is 1.96. The molecule has 1 atom stereocenters. The molecule has 1 aromatic rings. The molecule has 1 amide bonds. The van der Waals surface area contributed by atoms with Crippen LogP contribution in [-0.4, -0.2) is 37.1 Å². The molecule has 3 nitrogen and oxygen atoms in total. The smallest absolute Gasteiger partial charge is 0.227 e. The number of hydrogen-bond acceptors (Lipinski definition) is 2. The van der Waals surface area contributed by atoms with E-state index in [1.165, 1.54) is 0 Å². The van der Waals surface area contributed by atoms with Crippen molar-refractivity contribution in [1.29, 1.82) is 0 Å². The minimum Gasteiger partial charge on any atom is -0.383 e. The van der Waals surface area contributed by atoms with Crippen molar-refractivity contribution in [2.24, 2.45) is 0 Å². The first-order valence-electron chi connectivity index (χ1n) is 6.23. The summed E-state index contributed by atoms with van der Waals surface area (Å²) in [6.07, 6.45) is 2.55. The van der Waals surface area contributed by atoms with Crippen molar-refractivity contribution in [3.05, 3.63) is 34.9 Å².